The highest BCUT2D eigenvalue weighted by Gasteiger charge is 2.21. The van der Waals surface area contributed by atoms with E-state index in [1.807, 2.05) is 31.2 Å². The summed E-state index contributed by atoms with van der Waals surface area (Å²) in [7, 11) is -3.77. The van der Waals surface area contributed by atoms with E-state index in [1.165, 1.54) is 12.1 Å². The van der Waals surface area contributed by atoms with Crippen molar-refractivity contribution in [3.05, 3.63) is 54.1 Å². The molecule has 3 rings (SSSR count). The number of carbonyl (C=O) groups is 1. The van der Waals surface area contributed by atoms with Crippen LogP contribution < -0.4 is 14.5 Å². The van der Waals surface area contributed by atoms with E-state index in [1.54, 1.807) is 24.0 Å². The minimum Gasteiger partial charge on any atom is -0.494 e. The normalized spacial score (nSPS) is 15.0. The van der Waals surface area contributed by atoms with Crippen LogP contribution in [0.4, 0.5) is 5.69 Å². The molecule has 2 aromatic rings. The summed E-state index contributed by atoms with van der Waals surface area (Å²) in [6.45, 7) is 4.82. The van der Waals surface area contributed by atoms with Gasteiger partial charge in [-0.25, -0.2) is 0 Å². The number of nitrogens with zero attached hydrogens (tertiary/aromatic N) is 2. The molecule has 0 atom stereocenters. The fraction of sp³-hybridized carbons (Fsp3) is 0.300. The molecular formula is C20H23N3O4S. The molecule has 1 N–H and O–H groups in total. The number of benzene rings is 2. The molecule has 1 amide bonds. The van der Waals surface area contributed by atoms with Crippen LogP contribution in [0.2, 0.25) is 0 Å². The summed E-state index contributed by atoms with van der Waals surface area (Å²) in [5, 5.41) is 4.01. The quantitative estimate of drug-likeness (QED) is 0.571. The fourth-order valence-electron chi connectivity index (χ4n) is 2.93. The summed E-state index contributed by atoms with van der Waals surface area (Å²) < 4.78 is 30.1. The molecule has 1 fully saturated rings. The van der Waals surface area contributed by atoms with Crippen LogP contribution in [0.5, 0.6) is 5.75 Å². The molecule has 1 aliphatic heterocycles. The maximum atomic E-state index is 12.4. The number of nitrogens with one attached hydrogen (secondary N) is 1. The molecule has 7 nitrogen and oxygen atoms in total. The van der Waals surface area contributed by atoms with Crippen LogP contribution in [0.15, 0.2) is 58.5 Å². The zero-order valence-electron chi connectivity index (χ0n) is 15.9. The predicted molar refractivity (Wildman–Crippen MR) is 108 cm³/mol. The van der Waals surface area contributed by atoms with Crippen LogP contribution in [0.1, 0.15) is 32.3 Å². The first-order chi connectivity index (χ1) is 13.4. The molecule has 1 saturated heterocycles. The zero-order valence-corrected chi connectivity index (χ0v) is 16.7. The number of ether oxygens (including phenoxy) is 1. The van der Waals surface area contributed by atoms with Crippen molar-refractivity contribution >= 4 is 27.3 Å². The van der Waals surface area contributed by atoms with Gasteiger partial charge >= 0.3 is 0 Å². The second-order valence-electron chi connectivity index (χ2n) is 6.39. The number of carbonyl (C=O) groups excluding carboxylic acids is 1. The average molecular weight is 401 g/mol. The molecular weight excluding hydrogens is 378 g/mol. The Morgan fingerprint density at radius 1 is 1.14 bits per heavy atom. The van der Waals surface area contributed by atoms with Crippen molar-refractivity contribution in [3.8, 4) is 5.75 Å². The first-order valence-electron chi connectivity index (χ1n) is 9.10. The molecule has 8 heteroatoms. The number of rotatable bonds is 7. The largest absolute Gasteiger partial charge is 0.494 e. The number of hydrogen-bond acceptors (Lipinski definition) is 5. The summed E-state index contributed by atoms with van der Waals surface area (Å²) in [6, 6.07) is 13.5. The van der Waals surface area contributed by atoms with E-state index in [2.05, 4.69) is 9.93 Å². The Bertz CT molecular complexity index is 968. The summed E-state index contributed by atoms with van der Waals surface area (Å²) in [4.78, 5) is 15.9. The Labute approximate surface area is 165 Å². The standard InChI is InChI=1S/C20H23N3O4S/c1-3-27-18-10-12-19(13-11-18)28(25,26)22-21-15(2)16-6-8-17(9-7-16)23-14-4-5-20(23)24/h6-13,22H,3-5,14H2,1-2H3/b21-15-. The highest BCUT2D eigenvalue weighted by Crippen LogP contribution is 2.22. The number of amides is 1. The van der Waals surface area contributed by atoms with Gasteiger partial charge < -0.3 is 9.64 Å². The Morgan fingerprint density at radius 2 is 1.82 bits per heavy atom. The lowest BCUT2D eigenvalue weighted by molar-refractivity contribution is -0.117. The monoisotopic (exact) mass is 401 g/mol. The lowest BCUT2D eigenvalue weighted by Crippen LogP contribution is -2.23. The van der Waals surface area contributed by atoms with Gasteiger partial charge in [-0.2, -0.15) is 18.4 Å². The Hall–Kier alpha value is -2.87. The second-order valence-corrected chi connectivity index (χ2v) is 8.05. The lowest BCUT2D eigenvalue weighted by Gasteiger charge is -2.15. The lowest BCUT2D eigenvalue weighted by atomic mass is 10.1. The van der Waals surface area contributed by atoms with Crippen molar-refractivity contribution in [2.45, 2.75) is 31.6 Å². The van der Waals surface area contributed by atoms with Crippen LogP contribution in [0.25, 0.3) is 0 Å². The third kappa shape index (κ3) is 4.51. The van der Waals surface area contributed by atoms with Gasteiger partial charge in [0.25, 0.3) is 10.0 Å². The van der Waals surface area contributed by atoms with Crippen molar-refractivity contribution in [3.63, 3.8) is 0 Å². The summed E-state index contributed by atoms with van der Waals surface area (Å²) in [6.07, 6.45) is 1.45. The molecule has 0 radical (unpaired) electrons. The number of hydrazone groups is 1. The van der Waals surface area contributed by atoms with Gasteiger partial charge in [0.1, 0.15) is 5.75 Å². The molecule has 1 aliphatic rings. The SMILES string of the molecule is CCOc1ccc(S(=O)(=O)N/N=C(/C)c2ccc(N3CCCC3=O)cc2)cc1. The van der Waals surface area contributed by atoms with E-state index in [4.69, 9.17) is 4.74 Å². The van der Waals surface area contributed by atoms with Gasteiger partial charge in [-0.3, -0.25) is 4.79 Å². The second kappa shape index (κ2) is 8.43. The van der Waals surface area contributed by atoms with Gasteiger partial charge in [-0.15, -0.1) is 0 Å². The van der Waals surface area contributed by atoms with Crippen LogP contribution >= 0.6 is 0 Å². The molecule has 0 saturated carbocycles. The van der Waals surface area contributed by atoms with Gasteiger partial charge in [0.15, 0.2) is 0 Å². The maximum Gasteiger partial charge on any atom is 0.276 e. The van der Waals surface area contributed by atoms with Gasteiger partial charge in [0, 0.05) is 18.7 Å². The summed E-state index contributed by atoms with van der Waals surface area (Å²) in [5.41, 5.74) is 2.13. The van der Waals surface area contributed by atoms with Crippen molar-refractivity contribution in [2.75, 3.05) is 18.1 Å². The maximum absolute atomic E-state index is 12.4. The Kier molecular flexibility index (Phi) is 5.99. The molecule has 0 unspecified atom stereocenters. The number of sulfonamides is 1. The van der Waals surface area contributed by atoms with Crippen LogP contribution in [0.3, 0.4) is 0 Å². The van der Waals surface area contributed by atoms with Crippen molar-refractivity contribution in [2.24, 2.45) is 5.10 Å². The molecule has 1 heterocycles. The van der Waals surface area contributed by atoms with E-state index in [-0.39, 0.29) is 10.8 Å². The first-order valence-corrected chi connectivity index (χ1v) is 10.6. The topological polar surface area (TPSA) is 88.1 Å². The highest BCUT2D eigenvalue weighted by atomic mass is 32.2. The van der Waals surface area contributed by atoms with Crippen LogP contribution in [0, 0.1) is 0 Å². The van der Waals surface area contributed by atoms with Crippen molar-refractivity contribution < 1.29 is 17.9 Å². The van der Waals surface area contributed by atoms with E-state index < -0.39 is 10.0 Å². The zero-order chi connectivity index (χ0) is 20.1. The number of hydrogen-bond donors (Lipinski definition) is 1. The molecule has 0 spiro atoms. The van der Waals surface area contributed by atoms with Gasteiger partial charge in [0.05, 0.1) is 17.2 Å². The van der Waals surface area contributed by atoms with Crippen LogP contribution in [-0.2, 0) is 14.8 Å². The predicted octanol–water partition coefficient (Wildman–Crippen LogP) is 2.91. The summed E-state index contributed by atoms with van der Waals surface area (Å²) >= 11 is 0. The van der Waals surface area contributed by atoms with E-state index >= 15 is 0 Å². The average Bonchev–Trinajstić information content (AvgIpc) is 3.13. The molecule has 28 heavy (non-hydrogen) atoms. The van der Waals surface area contributed by atoms with Crippen LogP contribution in [-0.4, -0.2) is 33.2 Å². The summed E-state index contributed by atoms with van der Waals surface area (Å²) in [5.74, 6) is 0.735. The van der Waals surface area contributed by atoms with Gasteiger partial charge in [0.2, 0.25) is 5.91 Å². The molecule has 148 valence electrons. The van der Waals surface area contributed by atoms with E-state index in [0.29, 0.717) is 24.5 Å². The minimum absolute atomic E-state index is 0.107. The smallest absolute Gasteiger partial charge is 0.276 e. The van der Waals surface area contributed by atoms with Crippen molar-refractivity contribution in [1.82, 2.24) is 4.83 Å². The third-order valence-corrected chi connectivity index (χ3v) is 5.67. The fourth-order valence-corrected chi connectivity index (χ4v) is 3.79. The highest BCUT2D eigenvalue weighted by molar-refractivity contribution is 7.89. The third-order valence-electron chi connectivity index (χ3n) is 4.45. The van der Waals surface area contributed by atoms with Gasteiger partial charge in [-0.05, 0) is 62.2 Å². The Balaban J connectivity index is 1.69. The molecule has 2 aromatic carbocycles. The first kappa shape index (κ1) is 19.9. The van der Waals surface area contributed by atoms with E-state index in [0.717, 1.165) is 24.2 Å². The van der Waals surface area contributed by atoms with E-state index in [9.17, 15) is 13.2 Å². The molecule has 0 aliphatic carbocycles. The molecule has 0 aromatic heterocycles. The minimum atomic E-state index is -3.77. The Morgan fingerprint density at radius 3 is 2.39 bits per heavy atom. The number of anilines is 1. The molecule has 0 bridgehead atoms. The van der Waals surface area contributed by atoms with Gasteiger partial charge in [-0.1, -0.05) is 12.1 Å². The van der Waals surface area contributed by atoms with Crippen molar-refractivity contribution in [1.29, 1.82) is 0 Å².